The highest BCUT2D eigenvalue weighted by atomic mass is 32.2. The van der Waals surface area contributed by atoms with E-state index < -0.39 is 5.54 Å². The number of carbonyl (C=O) groups excluding carboxylic acids is 1. The second kappa shape index (κ2) is 10.5. The van der Waals surface area contributed by atoms with E-state index in [0.717, 1.165) is 49.2 Å². The Balaban J connectivity index is 1.51. The highest BCUT2D eigenvalue weighted by Gasteiger charge is 2.35. The smallest absolute Gasteiger partial charge is 0.231 e. The average molecular weight is 462 g/mol. The predicted octanol–water partition coefficient (Wildman–Crippen LogP) is 4.24. The molecule has 0 bridgehead atoms. The van der Waals surface area contributed by atoms with Crippen molar-refractivity contribution in [2.45, 2.75) is 49.3 Å². The van der Waals surface area contributed by atoms with E-state index in [1.54, 1.807) is 7.11 Å². The lowest BCUT2D eigenvalue weighted by atomic mass is 10.0. The van der Waals surface area contributed by atoms with Crippen LogP contribution in [0.4, 0.5) is 0 Å². The topological polar surface area (TPSA) is 92.8 Å². The monoisotopic (exact) mass is 461 g/mol. The van der Waals surface area contributed by atoms with Crippen molar-refractivity contribution in [3.8, 4) is 23.2 Å². The summed E-state index contributed by atoms with van der Waals surface area (Å²) in [5.41, 5.74) is 1.44. The fourth-order valence-electron chi connectivity index (χ4n) is 4.11. The Kier molecular flexibility index (Phi) is 7.30. The number of hydrogen-bond acceptors (Lipinski definition) is 6. The van der Waals surface area contributed by atoms with Crippen LogP contribution in [0.15, 0.2) is 59.8 Å². The molecule has 0 saturated heterocycles. The molecule has 1 aliphatic carbocycles. The molecule has 1 saturated carbocycles. The summed E-state index contributed by atoms with van der Waals surface area (Å²) in [6.45, 7) is 0.685. The lowest BCUT2D eigenvalue weighted by Crippen LogP contribution is -2.45. The minimum atomic E-state index is -0.715. The zero-order valence-electron chi connectivity index (χ0n) is 18.7. The van der Waals surface area contributed by atoms with E-state index in [1.807, 2.05) is 42.5 Å². The van der Waals surface area contributed by atoms with Crippen molar-refractivity contribution < 1.29 is 9.53 Å². The van der Waals surface area contributed by atoms with E-state index >= 15 is 0 Å². The Labute approximate surface area is 198 Å². The average Bonchev–Trinajstić information content (AvgIpc) is 3.49. The first-order chi connectivity index (χ1) is 16.1. The van der Waals surface area contributed by atoms with Crippen LogP contribution in [0.2, 0.25) is 0 Å². The van der Waals surface area contributed by atoms with Gasteiger partial charge in [0.25, 0.3) is 0 Å². The van der Waals surface area contributed by atoms with Gasteiger partial charge in [-0.2, -0.15) is 5.26 Å². The maximum absolute atomic E-state index is 12.6. The van der Waals surface area contributed by atoms with Gasteiger partial charge in [0.1, 0.15) is 11.3 Å². The molecule has 1 N–H and O–H groups in total. The molecular weight excluding hydrogens is 434 g/mol. The number of carbonyl (C=O) groups is 1. The summed E-state index contributed by atoms with van der Waals surface area (Å²) < 4.78 is 7.33. The van der Waals surface area contributed by atoms with Gasteiger partial charge in [-0.25, -0.2) is 0 Å². The fourth-order valence-corrected chi connectivity index (χ4v) is 4.88. The van der Waals surface area contributed by atoms with Crippen molar-refractivity contribution in [1.29, 1.82) is 5.26 Å². The third-order valence-electron chi connectivity index (χ3n) is 5.91. The van der Waals surface area contributed by atoms with Crippen LogP contribution >= 0.6 is 11.8 Å². The number of nitrogens with one attached hydrogen (secondary N) is 1. The first-order valence-corrected chi connectivity index (χ1v) is 12.1. The van der Waals surface area contributed by atoms with Gasteiger partial charge in [0.05, 0.1) is 18.9 Å². The molecule has 1 heterocycles. The third kappa shape index (κ3) is 5.55. The Bertz CT molecular complexity index is 1120. The van der Waals surface area contributed by atoms with Gasteiger partial charge in [0.2, 0.25) is 5.91 Å². The summed E-state index contributed by atoms with van der Waals surface area (Å²) in [7, 11) is 1.64. The number of amides is 1. The molecule has 0 unspecified atom stereocenters. The molecule has 3 aromatic rings. The highest BCUT2D eigenvalue weighted by molar-refractivity contribution is 7.99. The predicted molar refractivity (Wildman–Crippen MR) is 128 cm³/mol. The van der Waals surface area contributed by atoms with E-state index in [0.29, 0.717) is 11.7 Å². The molecule has 1 amide bonds. The molecule has 2 aromatic carbocycles. The molecule has 0 atom stereocenters. The molecule has 0 spiro atoms. The minimum Gasteiger partial charge on any atom is -0.497 e. The zero-order chi connectivity index (χ0) is 23.1. The fraction of sp³-hybridized carbons (Fsp3) is 0.360. The summed E-state index contributed by atoms with van der Waals surface area (Å²) in [6, 6.07) is 20.3. The molecule has 1 aromatic heterocycles. The molecule has 1 aliphatic rings. The van der Waals surface area contributed by atoms with E-state index in [-0.39, 0.29) is 11.7 Å². The van der Waals surface area contributed by atoms with E-state index in [4.69, 9.17) is 4.74 Å². The van der Waals surface area contributed by atoms with E-state index in [1.165, 1.54) is 17.3 Å². The zero-order valence-corrected chi connectivity index (χ0v) is 19.5. The first kappa shape index (κ1) is 22.9. The molecular formula is C25H27N5O2S. The summed E-state index contributed by atoms with van der Waals surface area (Å²) >= 11 is 1.35. The maximum atomic E-state index is 12.6. The minimum absolute atomic E-state index is 0.146. The van der Waals surface area contributed by atoms with Gasteiger partial charge >= 0.3 is 0 Å². The van der Waals surface area contributed by atoms with Crippen molar-refractivity contribution in [1.82, 2.24) is 20.1 Å². The number of thioether (sulfide) groups is 1. The van der Waals surface area contributed by atoms with Crippen molar-refractivity contribution in [3.05, 3.63) is 60.2 Å². The first-order valence-electron chi connectivity index (χ1n) is 11.1. The lowest BCUT2D eigenvalue weighted by molar-refractivity contribution is -0.119. The maximum Gasteiger partial charge on any atom is 0.231 e. The number of nitriles is 1. The van der Waals surface area contributed by atoms with Gasteiger partial charge < -0.3 is 14.6 Å². The van der Waals surface area contributed by atoms with E-state index in [2.05, 4.69) is 38.3 Å². The largest absolute Gasteiger partial charge is 0.497 e. The van der Waals surface area contributed by atoms with Crippen molar-refractivity contribution in [3.63, 3.8) is 0 Å². The van der Waals surface area contributed by atoms with Crippen LogP contribution < -0.4 is 10.1 Å². The molecule has 0 radical (unpaired) electrons. The lowest BCUT2D eigenvalue weighted by Gasteiger charge is -2.21. The van der Waals surface area contributed by atoms with Gasteiger partial charge in [-0.15, -0.1) is 10.2 Å². The molecule has 8 heteroatoms. The van der Waals surface area contributed by atoms with Gasteiger partial charge in [-0.3, -0.25) is 4.79 Å². The quantitative estimate of drug-likeness (QED) is 0.479. The van der Waals surface area contributed by atoms with E-state index in [9.17, 15) is 10.1 Å². The van der Waals surface area contributed by atoms with Gasteiger partial charge in [-0.1, -0.05) is 42.1 Å². The SMILES string of the molecule is COc1ccc(-c2nnc(SCC(=O)NC3(C#N)CCCC3)n2CCc2ccccc2)cc1. The normalized spacial score (nSPS) is 14.5. The van der Waals surface area contributed by atoms with Crippen molar-refractivity contribution in [2.75, 3.05) is 12.9 Å². The molecule has 1 fully saturated rings. The summed E-state index contributed by atoms with van der Waals surface area (Å²) in [5.74, 6) is 1.57. The van der Waals surface area contributed by atoms with Crippen LogP contribution in [0.5, 0.6) is 5.75 Å². The number of rotatable bonds is 9. The van der Waals surface area contributed by atoms with Crippen LogP contribution in [0.25, 0.3) is 11.4 Å². The summed E-state index contributed by atoms with van der Waals surface area (Å²) in [4.78, 5) is 12.6. The Hall–Kier alpha value is -3.31. The van der Waals surface area contributed by atoms with Crippen LogP contribution in [0.3, 0.4) is 0 Å². The number of hydrogen-bond donors (Lipinski definition) is 1. The highest BCUT2D eigenvalue weighted by Crippen LogP contribution is 2.30. The van der Waals surface area contributed by atoms with Crippen molar-refractivity contribution >= 4 is 17.7 Å². The summed E-state index contributed by atoms with van der Waals surface area (Å²) in [6.07, 6.45) is 4.20. The Morgan fingerprint density at radius 3 is 2.55 bits per heavy atom. The summed E-state index contributed by atoms with van der Waals surface area (Å²) in [5, 5.41) is 22.0. The van der Waals surface area contributed by atoms with Gasteiger partial charge in [0.15, 0.2) is 11.0 Å². The number of nitrogens with zero attached hydrogens (tertiary/aromatic N) is 4. The van der Waals surface area contributed by atoms with Crippen LogP contribution in [0, 0.1) is 11.3 Å². The Morgan fingerprint density at radius 1 is 1.15 bits per heavy atom. The molecule has 0 aliphatic heterocycles. The van der Waals surface area contributed by atoms with Crippen LogP contribution in [-0.2, 0) is 17.8 Å². The second-order valence-corrected chi connectivity index (χ2v) is 9.10. The number of aromatic nitrogens is 3. The number of ether oxygens (including phenoxy) is 1. The second-order valence-electron chi connectivity index (χ2n) is 8.16. The standard InChI is InChI=1S/C25H27N5O2S/c1-32-21-11-9-20(10-12-21)23-28-29-24(30(23)16-13-19-7-3-2-4-8-19)33-17-22(31)27-25(18-26)14-5-6-15-25/h2-4,7-12H,5-6,13-17H2,1H3,(H,27,31). The molecule has 170 valence electrons. The van der Waals surface area contributed by atoms with Gasteiger partial charge in [0, 0.05) is 12.1 Å². The van der Waals surface area contributed by atoms with Crippen LogP contribution in [-0.4, -0.2) is 39.1 Å². The number of methoxy groups -OCH3 is 1. The van der Waals surface area contributed by atoms with Crippen LogP contribution in [0.1, 0.15) is 31.2 Å². The molecule has 33 heavy (non-hydrogen) atoms. The number of aryl methyl sites for hydroxylation is 1. The van der Waals surface area contributed by atoms with Gasteiger partial charge in [-0.05, 0) is 61.9 Å². The van der Waals surface area contributed by atoms with Crippen molar-refractivity contribution in [2.24, 2.45) is 0 Å². The molecule has 4 rings (SSSR count). The number of benzene rings is 2. The third-order valence-corrected chi connectivity index (χ3v) is 6.88. The molecule has 7 nitrogen and oxygen atoms in total. The Morgan fingerprint density at radius 2 is 1.88 bits per heavy atom.